The third-order valence-corrected chi connectivity index (χ3v) is 4.55. The first-order chi connectivity index (χ1) is 7.94. The van der Waals surface area contributed by atoms with Crippen LogP contribution in [0.15, 0.2) is 0 Å². The van der Waals surface area contributed by atoms with Crippen LogP contribution < -0.4 is 5.73 Å². The SMILES string of the molecule is CCC1(CC)C(OC)CC1N(C)C(=O)[C@@H](C)N. The van der Waals surface area contributed by atoms with Crippen molar-refractivity contribution >= 4 is 5.91 Å². The first-order valence-corrected chi connectivity index (χ1v) is 6.49. The lowest BCUT2D eigenvalue weighted by molar-refractivity contribution is -0.170. The van der Waals surface area contributed by atoms with Gasteiger partial charge in [0.25, 0.3) is 0 Å². The number of methoxy groups -OCH3 is 1. The molecule has 0 bridgehead atoms. The van der Waals surface area contributed by atoms with Crippen LogP contribution in [-0.2, 0) is 9.53 Å². The maximum absolute atomic E-state index is 12.0. The number of hydrogen-bond acceptors (Lipinski definition) is 3. The van der Waals surface area contributed by atoms with Gasteiger partial charge in [0.2, 0.25) is 5.91 Å². The molecule has 1 rings (SSSR count). The minimum absolute atomic E-state index is 0.0239. The molecule has 1 amide bonds. The van der Waals surface area contributed by atoms with Gasteiger partial charge >= 0.3 is 0 Å². The minimum atomic E-state index is -0.423. The fourth-order valence-electron chi connectivity index (χ4n) is 3.25. The van der Waals surface area contributed by atoms with Crippen LogP contribution >= 0.6 is 0 Å². The van der Waals surface area contributed by atoms with Gasteiger partial charge in [-0.3, -0.25) is 4.79 Å². The number of amides is 1. The predicted octanol–water partition coefficient (Wildman–Crippen LogP) is 1.39. The number of carbonyl (C=O) groups is 1. The molecule has 1 aliphatic rings. The molecule has 2 unspecified atom stereocenters. The van der Waals surface area contributed by atoms with Gasteiger partial charge in [-0.2, -0.15) is 0 Å². The van der Waals surface area contributed by atoms with Crippen molar-refractivity contribution in [2.45, 2.75) is 58.2 Å². The minimum Gasteiger partial charge on any atom is -0.381 e. The summed E-state index contributed by atoms with van der Waals surface area (Å²) in [6, 6.07) is -0.158. The van der Waals surface area contributed by atoms with E-state index in [-0.39, 0.29) is 23.5 Å². The number of nitrogens with zero attached hydrogens (tertiary/aromatic N) is 1. The van der Waals surface area contributed by atoms with E-state index in [1.54, 1.807) is 14.0 Å². The Labute approximate surface area is 104 Å². The predicted molar refractivity (Wildman–Crippen MR) is 68.6 cm³/mol. The summed E-state index contributed by atoms with van der Waals surface area (Å²) in [6.07, 6.45) is 3.26. The molecule has 4 nitrogen and oxygen atoms in total. The lowest BCUT2D eigenvalue weighted by Gasteiger charge is -2.58. The second-order valence-corrected chi connectivity index (χ2v) is 5.15. The first-order valence-electron chi connectivity index (χ1n) is 6.49. The highest BCUT2D eigenvalue weighted by Crippen LogP contribution is 2.50. The first kappa shape index (κ1) is 14.5. The van der Waals surface area contributed by atoms with Crippen LogP contribution in [0.2, 0.25) is 0 Å². The summed E-state index contributed by atoms with van der Waals surface area (Å²) >= 11 is 0. The monoisotopic (exact) mass is 242 g/mol. The van der Waals surface area contributed by atoms with Crippen LogP contribution in [0.25, 0.3) is 0 Å². The van der Waals surface area contributed by atoms with E-state index in [0.29, 0.717) is 0 Å². The van der Waals surface area contributed by atoms with E-state index in [0.717, 1.165) is 19.3 Å². The lowest BCUT2D eigenvalue weighted by Crippen LogP contribution is -2.65. The molecule has 1 fully saturated rings. The Morgan fingerprint density at radius 1 is 1.53 bits per heavy atom. The summed E-state index contributed by atoms with van der Waals surface area (Å²) in [5.74, 6) is 0.0239. The summed E-state index contributed by atoms with van der Waals surface area (Å²) in [5, 5.41) is 0. The number of ether oxygens (including phenoxy) is 1. The van der Waals surface area contributed by atoms with Crippen LogP contribution in [-0.4, -0.2) is 43.2 Å². The molecule has 100 valence electrons. The average Bonchev–Trinajstić information content (AvgIpc) is 2.29. The Kier molecular flexibility index (Phi) is 4.55. The van der Waals surface area contributed by atoms with Crippen molar-refractivity contribution in [3.63, 3.8) is 0 Å². The van der Waals surface area contributed by atoms with Crippen molar-refractivity contribution in [3.8, 4) is 0 Å². The van der Waals surface area contributed by atoms with Crippen molar-refractivity contribution in [1.29, 1.82) is 0 Å². The zero-order valence-corrected chi connectivity index (χ0v) is 11.7. The van der Waals surface area contributed by atoms with Crippen molar-refractivity contribution in [1.82, 2.24) is 4.90 Å². The van der Waals surface area contributed by atoms with E-state index < -0.39 is 6.04 Å². The number of carbonyl (C=O) groups excluding carboxylic acids is 1. The number of hydrogen-bond donors (Lipinski definition) is 1. The maximum atomic E-state index is 12.0. The molecule has 0 aliphatic heterocycles. The molecule has 1 saturated carbocycles. The highest BCUT2D eigenvalue weighted by molar-refractivity contribution is 5.81. The molecular formula is C13H26N2O2. The third-order valence-electron chi connectivity index (χ3n) is 4.55. The standard InChI is InChI=1S/C13H26N2O2/c1-6-13(7-2)10(8-11(13)17-5)15(4)12(16)9(3)14/h9-11H,6-8,14H2,1-5H3/t9-,10?,11?/m1/s1. The molecule has 4 heteroatoms. The second-order valence-electron chi connectivity index (χ2n) is 5.15. The van der Waals surface area contributed by atoms with Gasteiger partial charge in [-0.15, -0.1) is 0 Å². The van der Waals surface area contributed by atoms with Crippen molar-refractivity contribution in [3.05, 3.63) is 0 Å². The largest absolute Gasteiger partial charge is 0.381 e. The highest BCUT2D eigenvalue weighted by Gasteiger charge is 2.55. The Morgan fingerprint density at radius 2 is 2.06 bits per heavy atom. The normalized spacial score (nSPS) is 28.4. The fraction of sp³-hybridized carbons (Fsp3) is 0.923. The molecule has 0 aromatic carbocycles. The Morgan fingerprint density at radius 3 is 2.41 bits per heavy atom. The summed E-state index contributed by atoms with van der Waals surface area (Å²) in [5.41, 5.74) is 5.77. The molecule has 0 saturated heterocycles. The van der Waals surface area contributed by atoms with Crippen LogP contribution in [0, 0.1) is 5.41 Å². The lowest BCUT2D eigenvalue weighted by atomic mass is 9.58. The zero-order valence-electron chi connectivity index (χ0n) is 11.7. The second kappa shape index (κ2) is 5.36. The average molecular weight is 242 g/mol. The molecule has 0 aromatic heterocycles. The van der Waals surface area contributed by atoms with Crippen LogP contribution in [0.4, 0.5) is 0 Å². The van der Waals surface area contributed by atoms with E-state index in [1.165, 1.54) is 0 Å². The topological polar surface area (TPSA) is 55.6 Å². The van der Waals surface area contributed by atoms with Crippen molar-refractivity contribution < 1.29 is 9.53 Å². The zero-order chi connectivity index (χ0) is 13.2. The molecule has 0 spiro atoms. The quantitative estimate of drug-likeness (QED) is 0.792. The van der Waals surface area contributed by atoms with Crippen molar-refractivity contribution in [2.75, 3.05) is 14.2 Å². The van der Waals surface area contributed by atoms with Gasteiger partial charge < -0.3 is 15.4 Å². The van der Waals surface area contributed by atoms with E-state index in [2.05, 4.69) is 13.8 Å². The van der Waals surface area contributed by atoms with Gasteiger partial charge in [0, 0.05) is 25.6 Å². The summed E-state index contributed by atoms with van der Waals surface area (Å²) in [6.45, 7) is 6.09. The molecular weight excluding hydrogens is 216 g/mol. The smallest absolute Gasteiger partial charge is 0.239 e. The van der Waals surface area contributed by atoms with E-state index in [9.17, 15) is 4.79 Å². The highest BCUT2D eigenvalue weighted by atomic mass is 16.5. The maximum Gasteiger partial charge on any atom is 0.239 e. The van der Waals surface area contributed by atoms with Crippen LogP contribution in [0.1, 0.15) is 40.0 Å². The Balaban J connectivity index is 2.82. The fourth-order valence-corrected chi connectivity index (χ4v) is 3.25. The molecule has 2 N–H and O–H groups in total. The van der Waals surface area contributed by atoms with Gasteiger partial charge in [-0.1, -0.05) is 13.8 Å². The molecule has 17 heavy (non-hydrogen) atoms. The molecule has 0 aromatic rings. The van der Waals surface area contributed by atoms with Gasteiger partial charge in [0.1, 0.15) is 0 Å². The van der Waals surface area contributed by atoms with E-state index in [4.69, 9.17) is 10.5 Å². The molecule has 0 heterocycles. The van der Waals surface area contributed by atoms with Crippen molar-refractivity contribution in [2.24, 2.45) is 11.1 Å². The summed E-state index contributed by atoms with van der Waals surface area (Å²) < 4.78 is 5.54. The van der Waals surface area contributed by atoms with E-state index in [1.807, 2.05) is 11.9 Å². The van der Waals surface area contributed by atoms with Gasteiger partial charge in [-0.25, -0.2) is 0 Å². The molecule has 0 radical (unpaired) electrons. The van der Waals surface area contributed by atoms with Gasteiger partial charge in [0.05, 0.1) is 12.1 Å². The number of likely N-dealkylation sites (N-methyl/N-ethyl adjacent to an activating group) is 1. The van der Waals surface area contributed by atoms with Crippen LogP contribution in [0.5, 0.6) is 0 Å². The van der Waals surface area contributed by atoms with Gasteiger partial charge in [-0.05, 0) is 26.2 Å². The molecule has 3 atom stereocenters. The van der Waals surface area contributed by atoms with Gasteiger partial charge in [0.15, 0.2) is 0 Å². The number of rotatable bonds is 5. The van der Waals surface area contributed by atoms with E-state index >= 15 is 0 Å². The number of nitrogens with two attached hydrogens (primary N) is 1. The Hall–Kier alpha value is -0.610. The molecule has 1 aliphatic carbocycles. The van der Waals surface area contributed by atoms with Crippen LogP contribution in [0.3, 0.4) is 0 Å². The Bertz CT molecular complexity index is 275. The summed E-state index contributed by atoms with van der Waals surface area (Å²) in [4.78, 5) is 13.8. The third kappa shape index (κ3) is 2.20. The summed E-state index contributed by atoms with van der Waals surface area (Å²) in [7, 11) is 3.62.